The molecule has 1 aromatic rings. The summed E-state index contributed by atoms with van der Waals surface area (Å²) in [6, 6.07) is 9.96. The van der Waals surface area contributed by atoms with Gasteiger partial charge in [-0.25, -0.2) is 0 Å². The van der Waals surface area contributed by atoms with E-state index < -0.39 is 0 Å². The highest BCUT2D eigenvalue weighted by Crippen LogP contribution is 2.08. The van der Waals surface area contributed by atoms with E-state index in [2.05, 4.69) is 5.32 Å². The Hall–Kier alpha value is -1.83. The first-order valence-electron chi connectivity index (χ1n) is 5.08. The Bertz CT molecular complexity index is 404. The minimum atomic E-state index is 0.0217. The van der Waals surface area contributed by atoms with Crippen LogP contribution in [0.5, 0.6) is 0 Å². The summed E-state index contributed by atoms with van der Waals surface area (Å²) in [6.07, 6.45) is 6.71. The molecule has 0 aliphatic carbocycles. The van der Waals surface area contributed by atoms with Gasteiger partial charge in [0.1, 0.15) is 0 Å². The van der Waals surface area contributed by atoms with Crippen LogP contribution in [0.2, 0.25) is 0 Å². The van der Waals surface area contributed by atoms with Crippen molar-refractivity contribution in [1.82, 2.24) is 5.32 Å². The Morgan fingerprint density at radius 1 is 1.13 bits per heavy atom. The van der Waals surface area contributed by atoms with Crippen LogP contribution in [0.25, 0.3) is 6.08 Å². The molecule has 0 saturated carbocycles. The van der Waals surface area contributed by atoms with E-state index in [1.807, 2.05) is 48.6 Å². The molecule has 0 saturated heterocycles. The lowest BCUT2D eigenvalue weighted by Crippen LogP contribution is -2.28. The maximum Gasteiger partial charge on any atom is 0.250 e. The zero-order chi connectivity index (χ0) is 10.5. The lowest BCUT2D eigenvalue weighted by molar-refractivity contribution is -0.117. The largest absolute Gasteiger partial charge is 0.352 e. The summed E-state index contributed by atoms with van der Waals surface area (Å²) >= 11 is 0. The molecular formula is C13H13NO. The second-order valence-electron chi connectivity index (χ2n) is 3.45. The van der Waals surface area contributed by atoms with Crippen molar-refractivity contribution < 1.29 is 4.79 Å². The van der Waals surface area contributed by atoms with E-state index >= 15 is 0 Å². The molecule has 1 aromatic carbocycles. The summed E-state index contributed by atoms with van der Waals surface area (Å²) in [7, 11) is 0. The average Bonchev–Trinajstić information content (AvgIpc) is 2.29. The number of carbonyl (C=O) groups excluding carboxylic acids is 1. The van der Waals surface area contributed by atoms with Crippen LogP contribution in [-0.2, 0) is 4.79 Å². The van der Waals surface area contributed by atoms with Crippen LogP contribution < -0.4 is 5.32 Å². The fourth-order valence-electron chi connectivity index (χ4n) is 1.50. The van der Waals surface area contributed by atoms with Gasteiger partial charge < -0.3 is 5.32 Å². The molecule has 0 fully saturated rings. The van der Waals surface area contributed by atoms with Crippen molar-refractivity contribution in [2.75, 3.05) is 6.54 Å². The molecule has 15 heavy (non-hydrogen) atoms. The minimum absolute atomic E-state index is 0.0217. The number of carbonyl (C=O) groups is 1. The van der Waals surface area contributed by atoms with Crippen molar-refractivity contribution in [2.45, 2.75) is 6.42 Å². The van der Waals surface area contributed by atoms with Gasteiger partial charge in [0, 0.05) is 12.1 Å². The molecule has 2 heteroatoms. The van der Waals surface area contributed by atoms with Gasteiger partial charge in [-0.05, 0) is 18.1 Å². The molecule has 0 atom stereocenters. The van der Waals surface area contributed by atoms with Gasteiger partial charge in [0.25, 0.3) is 5.91 Å². The molecule has 2 nitrogen and oxygen atoms in total. The van der Waals surface area contributed by atoms with Crippen LogP contribution in [-0.4, -0.2) is 12.5 Å². The molecule has 0 aromatic heterocycles. The number of hydrogen-bond acceptors (Lipinski definition) is 1. The highest BCUT2D eigenvalue weighted by molar-refractivity contribution is 5.97. The van der Waals surface area contributed by atoms with Crippen LogP contribution in [0, 0.1) is 0 Å². The number of amides is 1. The van der Waals surface area contributed by atoms with E-state index in [0.29, 0.717) is 0 Å². The second-order valence-corrected chi connectivity index (χ2v) is 3.45. The first-order chi connectivity index (χ1) is 7.36. The van der Waals surface area contributed by atoms with E-state index in [9.17, 15) is 4.79 Å². The Morgan fingerprint density at radius 3 is 2.67 bits per heavy atom. The van der Waals surface area contributed by atoms with E-state index in [4.69, 9.17) is 0 Å². The molecular weight excluding hydrogens is 186 g/mol. The molecule has 0 bridgehead atoms. The summed E-state index contributed by atoms with van der Waals surface area (Å²) in [6.45, 7) is 0.751. The normalized spacial score (nSPS) is 16.3. The quantitative estimate of drug-likeness (QED) is 0.776. The zero-order valence-corrected chi connectivity index (χ0v) is 8.44. The van der Waals surface area contributed by atoms with Crippen LogP contribution in [0.3, 0.4) is 0 Å². The smallest absolute Gasteiger partial charge is 0.250 e. The Balaban J connectivity index is 2.11. The predicted octanol–water partition coefficient (Wildman–Crippen LogP) is 2.15. The number of rotatable bonds is 2. The monoisotopic (exact) mass is 199 g/mol. The van der Waals surface area contributed by atoms with Crippen molar-refractivity contribution in [3.63, 3.8) is 0 Å². The zero-order valence-electron chi connectivity index (χ0n) is 8.44. The lowest BCUT2D eigenvalue weighted by Gasteiger charge is -2.09. The molecule has 76 valence electrons. The Labute approximate surface area is 89.3 Å². The number of benzene rings is 1. The maximum atomic E-state index is 11.4. The fourth-order valence-corrected chi connectivity index (χ4v) is 1.50. The third kappa shape index (κ3) is 2.56. The summed E-state index contributed by atoms with van der Waals surface area (Å²) in [5.41, 5.74) is 1.86. The number of hydrogen-bond donors (Lipinski definition) is 1. The summed E-state index contributed by atoms with van der Waals surface area (Å²) in [5, 5.41) is 2.81. The Kier molecular flexibility index (Phi) is 2.98. The summed E-state index contributed by atoms with van der Waals surface area (Å²) in [5.74, 6) is 0.0217. The third-order valence-corrected chi connectivity index (χ3v) is 2.31. The van der Waals surface area contributed by atoms with Gasteiger partial charge in [-0.2, -0.15) is 0 Å². The van der Waals surface area contributed by atoms with Crippen LogP contribution in [0.1, 0.15) is 12.0 Å². The summed E-state index contributed by atoms with van der Waals surface area (Å²) < 4.78 is 0. The highest BCUT2D eigenvalue weighted by atomic mass is 16.1. The molecule has 0 radical (unpaired) electrons. The van der Waals surface area contributed by atoms with Gasteiger partial charge >= 0.3 is 0 Å². The highest BCUT2D eigenvalue weighted by Gasteiger charge is 2.08. The van der Waals surface area contributed by atoms with Gasteiger partial charge in [-0.15, -0.1) is 0 Å². The first kappa shape index (κ1) is 9.71. The van der Waals surface area contributed by atoms with E-state index in [-0.39, 0.29) is 5.91 Å². The fraction of sp³-hybridized carbons (Fsp3) is 0.154. The van der Waals surface area contributed by atoms with E-state index in [0.717, 1.165) is 24.1 Å². The average molecular weight is 199 g/mol. The van der Waals surface area contributed by atoms with E-state index in [1.165, 1.54) is 0 Å². The first-order valence-corrected chi connectivity index (χ1v) is 5.08. The molecule has 1 N–H and O–H groups in total. The van der Waals surface area contributed by atoms with Crippen LogP contribution in [0.15, 0.2) is 48.1 Å². The topological polar surface area (TPSA) is 29.1 Å². The van der Waals surface area contributed by atoms with Crippen molar-refractivity contribution >= 4 is 12.0 Å². The lowest BCUT2D eigenvalue weighted by atomic mass is 10.1. The molecule has 1 heterocycles. The standard InChI is InChI=1S/C13H13NO/c15-13-12(7-4-10-14-13)9-8-11-5-2-1-3-6-11/h1-3,5-9H,4,10H2,(H,14,15)/b9-8+. The SMILES string of the molecule is O=C1NCCC=C1/C=C/c1ccccc1. The molecule has 0 unspecified atom stereocenters. The van der Waals surface area contributed by atoms with Crippen molar-refractivity contribution in [2.24, 2.45) is 0 Å². The van der Waals surface area contributed by atoms with Crippen LogP contribution >= 0.6 is 0 Å². The Morgan fingerprint density at radius 2 is 1.93 bits per heavy atom. The van der Waals surface area contributed by atoms with Gasteiger partial charge in [-0.1, -0.05) is 42.5 Å². The second kappa shape index (κ2) is 4.60. The molecule has 1 amide bonds. The van der Waals surface area contributed by atoms with Crippen molar-refractivity contribution in [1.29, 1.82) is 0 Å². The maximum absolute atomic E-state index is 11.4. The van der Waals surface area contributed by atoms with Crippen molar-refractivity contribution in [3.8, 4) is 0 Å². The summed E-state index contributed by atoms with van der Waals surface area (Å²) in [4.78, 5) is 11.4. The third-order valence-electron chi connectivity index (χ3n) is 2.31. The van der Waals surface area contributed by atoms with Gasteiger partial charge in [0.2, 0.25) is 0 Å². The van der Waals surface area contributed by atoms with Gasteiger partial charge in [-0.3, -0.25) is 4.79 Å². The molecule has 1 aliphatic heterocycles. The predicted molar refractivity (Wildman–Crippen MR) is 61.2 cm³/mol. The van der Waals surface area contributed by atoms with Crippen LogP contribution in [0.4, 0.5) is 0 Å². The van der Waals surface area contributed by atoms with Crippen molar-refractivity contribution in [3.05, 3.63) is 53.6 Å². The molecule has 2 rings (SSSR count). The molecule has 1 aliphatic rings. The molecule has 0 spiro atoms. The van der Waals surface area contributed by atoms with Gasteiger partial charge in [0.05, 0.1) is 0 Å². The number of nitrogens with one attached hydrogen (secondary N) is 1. The van der Waals surface area contributed by atoms with Gasteiger partial charge in [0.15, 0.2) is 0 Å². The van der Waals surface area contributed by atoms with E-state index in [1.54, 1.807) is 0 Å². The minimum Gasteiger partial charge on any atom is -0.352 e.